The van der Waals surface area contributed by atoms with E-state index in [0.29, 0.717) is 16.9 Å². The van der Waals surface area contributed by atoms with Gasteiger partial charge >= 0.3 is 11.3 Å². The van der Waals surface area contributed by atoms with Gasteiger partial charge in [-0.3, -0.25) is 0 Å². The Morgan fingerprint density at radius 2 is 1.20 bits per heavy atom. The fraction of sp³-hybridized carbons (Fsp3) is 0.0476. The second-order valence-corrected chi connectivity index (χ2v) is 5.86. The van der Waals surface area contributed by atoms with Gasteiger partial charge in [0.25, 0.3) is 0 Å². The van der Waals surface area contributed by atoms with E-state index in [1.54, 1.807) is 12.1 Å². The minimum atomic E-state index is -0.694. The van der Waals surface area contributed by atoms with Gasteiger partial charge in [0.05, 0.1) is 0 Å². The van der Waals surface area contributed by atoms with E-state index in [0.717, 1.165) is 16.7 Å². The molecule has 4 aromatic rings. The molecule has 0 atom stereocenters. The molecular weight excluding hydrogens is 316 g/mol. The summed E-state index contributed by atoms with van der Waals surface area (Å²) >= 11 is 0. The number of benzene rings is 2. The molecule has 0 radical (unpaired) electrons. The molecule has 0 saturated carbocycles. The first-order valence-electron chi connectivity index (χ1n) is 7.86. The third-order valence-electron chi connectivity index (χ3n) is 4.07. The zero-order valence-corrected chi connectivity index (χ0v) is 13.5. The summed E-state index contributed by atoms with van der Waals surface area (Å²) in [7, 11) is 0. The second-order valence-electron chi connectivity index (χ2n) is 5.86. The van der Waals surface area contributed by atoms with Gasteiger partial charge in [0, 0.05) is 16.5 Å². The van der Waals surface area contributed by atoms with E-state index < -0.39 is 11.3 Å². The first kappa shape index (κ1) is 15.1. The van der Waals surface area contributed by atoms with E-state index >= 15 is 0 Å². The molecule has 4 rings (SSSR count). The fourth-order valence-electron chi connectivity index (χ4n) is 2.75. The average molecular weight is 330 g/mol. The van der Waals surface area contributed by atoms with Crippen molar-refractivity contribution in [3.8, 4) is 22.6 Å². The summed E-state index contributed by atoms with van der Waals surface area (Å²) in [6, 6.07) is 20.3. The first-order valence-corrected chi connectivity index (χ1v) is 7.86. The van der Waals surface area contributed by atoms with Gasteiger partial charge in [0.2, 0.25) is 0 Å². The monoisotopic (exact) mass is 330 g/mol. The smallest absolute Gasteiger partial charge is 0.351 e. The standard InChI is InChI=1S/C21H14O4/c1-13-7-9-15(10-8-13)18-12-16-11-17(14-5-3-2-4-6-14)24-20(22)19(16)21(23)25-18/h2-12H,1H3. The fourth-order valence-corrected chi connectivity index (χ4v) is 2.75. The Morgan fingerprint density at radius 3 is 1.76 bits per heavy atom. The van der Waals surface area contributed by atoms with Crippen molar-refractivity contribution in [2.45, 2.75) is 6.92 Å². The van der Waals surface area contributed by atoms with E-state index in [4.69, 9.17) is 8.83 Å². The van der Waals surface area contributed by atoms with Crippen molar-refractivity contribution in [2.24, 2.45) is 0 Å². The van der Waals surface area contributed by atoms with Crippen molar-refractivity contribution in [1.82, 2.24) is 0 Å². The number of hydrogen-bond acceptors (Lipinski definition) is 4. The topological polar surface area (TPSA) is 60.4 Å². The van der Waals surface area contributed by atoms with Crippen LogP contribution in [0.1, 0.15) is 5.56 Å². The molecule has 2 aromatic carbocycles. The molecule has 2 heterocycles. The van der Waals surface area contributed by atoms with Gasteiger partial charge < -0.3 is 8.83 Å². The van der Waals surface area contributed by atoms with Crippen LogP contribution in [0, 0.1) is 6.92 Å². The molecule has 2 aromatic heterocycles. The number of hydrogen-bond donors (Lipinski definition) is 0. The van der Waals surface area contributed by atoms with Crippen LogP contribution >= 0.6 is 0 Å². The molecule has 0 saturated heterocycles. The van der Waals surface area contributed by atoms with Crippen LogP contribution in [0.4, 0.5) is 0 Å². The van der Waals surface area contributed by atoms with Crippen LogP contribution in [-0.4, -0.2) is 0 Å². The molecule has 0 N–H and O–H groups in total. The Morgan fingerprint density at radius 1 is 0.680 bits per heavy atom. The molecule has 0 unspecified atom stereocenters. The summed E-state index contributed by atoms with van der Waals surface area (Å²) in [4.78, 5) is 24.5. The highest BCUT2D eigenvalue weighted by Gasteiger charge is 2.13. The van der Waals surface area contributed by atoms with Crippen molar-refractivity contribution >= 4 is 10.8 Å². The van der Waals surface area contributed by atoms with Crippen LogP contribution < -0.4 is 11.3 Å². The van der Waals surface area contributed by atoms with Crippen molar-refractivity contribution in [3.05, 3.63) is 93.1 Å². The van der Waals surface area contributed by atoms with Gasteiger partial charge in [0.1, 0.15) is 11.5 Å². The molecule has 0 spiro atoms. The van der Waals surface area contributed by atoms with Crippen molar-refractivity contribution in [3.63, 3.8) is 0 Å². The van der Waals surface area contributed by atoms with Gasteiger partial charge in [-0.05, 0) is 19.1 Å². The predicted octanol–water partition coefficient (Wildman–Crippen LogP) is 4.39. The Labute approximate surface area is 143 Å². The highest BCUT2D eigenvalue weighted by molar-refractivity contribution is 5.85. The SMILES string of the molecule is Cc1ccc(-c2cc3cc(-c4ccccc4)oc(=O)c3c(=O)o2)cc1. The molecule has 0 amide bonds. The Bertz CT molecular complexity index is 1170. The average Bonchev–Trinajstić information content (AvgIpc) is 2.62. The summed E-state index contributed by atoms with van der Waals surface area (Å²) in [6.07, 6.45) is 0. The van der Waals surface area contributed by atoms with Crippen LogP contribution in [0.3, 0.4) is 0 Å². The van der Waals surface area contributed by atoms with Crippen LogP contribution in [-0.2, 0) is 0 Å². The van der Waals surface area contributed by atoms with Crippen LogP contribution in [0.25, 0.3) is 33.4 Å². The van der Waals surface area contributed by atoms with E-state index in [9.17, 15) is 9.59 Å². The zero-order valence-electron chi connectivity index (χ0n) is 13.5. The molecule has 0 aliphatic heterocycles. The lowest BCUT2D eigenvalue weighted by molar-refractivity contribution is 0.512. The molecule has 4 nitrogen and oxygen atoms in total. The highest BCUT2D eigenvalue weighted by atomic mass is 16.4. The summed E-state index contributed by atoms with van der Waals surface area (Å²) in [6.45, 7) is 1.98. The molecule has 0 fully saturated rings. The molecule has 25 heavy (non-hydrogen) atoms. The summed E-state index contributed by atoms with van der Waals surface area (Å²) < 4.78 is 10.6. The summed E-state index contributed by atoms with van der Waals surface area (Å²) in [5, 5.41) is 0.428. The Hall–Kier alpha value is -3.40. The number of aryl methyl sites for hydroxylation is 1. The number of fused-ring (bicyclic) bond motifs is 1. The van der Waals surface area contributed by atoms with Gasteiger partial charge in [-0.1, -0.05) is 60.2 Å². The maximum absolute atomic E-state index is 12.3. The lowest BCUT2D eigenvalue weighted by Crippen LogP contribution is -2.12. The van der Waals surface area contributed by atoms with E-state index in [1.165, 1.54) is 0 Å². The van der Waals surface area contributed by atoms with Crippen LogP contribution in [0.2, 0.25) is 0 Å². The van der Waals surface area contributed by atoms with Crippen LogP contribution in [0.5, 0.6) is 0 Å². The molecule has 0 bridgehead atoms. The van der Waals surface area contributed by atoms with Crippen molar-refractivity contribution in [2.75, 3.05) is 0 Å². The first-order chi connectivity index (χ1) is 12.1. The second kappa shape index (κ2) is 5.91. The Kier molecular flexibility index (Phi) is 3.58. The van der Waals surface area contributed by atoms with E-state index in [-0.39, 0.29) is 5.39 Å². The maximum atomic E-state index is 12.3. The quantitative estimate of drug-likeness (QED) is 0.547. The van der Waals surface area contributed by atoms with Crippen molar-refractivity contribution < 1.29 is 8.83 Å². The predicted molar refractivity (Wildman–Crippen MR) is 96.6 cm³/mol. The summed E-state index contributed by atoms with van der Waals surface area (Å²) in [5.41, 5.74) is 1.27. The van der Waals surface area contributed by atoms with E-state index in [1.807, 2.05) is 61.5 Å². The van der Waals surface area contributed by atoms with Gasteiger partial charge in [0.15, 0.2) is 5.39 Å². The van der Waals surface area contributed by atoms with Gasteiger partial charge in [-0.15, -0.1) is 0 Å². The largest absolute Gasteiger partial charge is 0.422 e. The van der Waals surface area contributed by atoms with Crippen LogP contribution in [0.15, 0.2) is 85.2 Å². The molecule has 0 aliphatic carbocycles. The summed E-state index contributed by atoms with van der Waals surface area (Å²) in [5.74, 6) is 0.834. The third kappa shape index (κ3) is 2.78. The minimum absolute atomic E-state index is 0.0736. The lowest BCUT2D eigenvalue weighted by Gasteiger charge is -2.05. The lowest BCUT2D eigenvalue weighted by atomic mass is 10.1. The Balaban J connectivity index is 1.96. The third-order valence-corrected chi connectivity index (χ3v) is 4.07. The minimum Gasteiger partial charge on any atom is -0.422 e. The molecule has 0 aliphatic rings. The zero-order chi connectivity index (χ0) is 17.4. The van der Waals surface area contributed by atoms with Gasteiger partial charge in [-0.2, -0.15) is 0 Å². The molecule has 4 heteroatoms. The highest BCUT2D eigenvalue weighted by Crippen LogP contribution is 2.25. The van der Waals surface area contributed by atoms with Crippen molar-refractivity contribution in [1.29, 1.82) is 0 Å². The maximum Gasteiger partial charge on any atom is 0.351 e. The molecule has 122 valence electrons. The van der Waals surface area contributed by atoms with E-state index in [2.05, 4.69) is 0 Å². The van der Waals surface area contributed by atoms with Gasteiger partial charge in [-0.25, -0.2) is 9.59 Å². The normalized spacial score (nSPS) is 10.9. The molecular formula is C21H14O4. The number of rotatable bonds is 2.